The minimum Gasteiger partial charge on any atom is -0.483 e. The number of nitrogens with zero attached hydrogens (tertiary/aromatic N) is 7. The smallest absolute Gasteiger partial charge is 0.218 e. The SMILES string of the molecule is Cc1c(-c2cc(OCC(=O)c3ccc(F)cn3)c3c(Cl)cnn3c2)nnn1C1CCN(C2COC2)CC1. The summed E-state index contributed by atoms with van der Waals surface area (Å²) in [4.78, 5) is 18.9. The van der Waals surface area contributed by atoms with Crippen molar-refractivity contribution in [3.05, 3.63) is 59.0 Å². The van der Waals surface area contributed by atoms with Crippen molar-refractivity contribution in [2.24, 2.45) is 0 Å². The van der Waals surface area contributed by atoms with Gasteiger partial charge in [0.15, 0.2) is 6.61 Å². The summed E-state index contributed by atoms with van der Waals surface area (Å²) in [7, 11) is 0. The fourth-order valence-corrected chi connectivity index (χ4v) is 5.15. The highest BCUT2D eigenvalue weighted by atomic mass is 35.5. The Balaban J connectivity index is 1.24. The number of halogens is 2. The Bertz CT molecular complexity index is 1440. The molecule has 0 unspecified atom stereocenters. The Hall–Kier alpha value is -3.41. The molecule has 2 aliphatic rings. The summed E-state index contributed by atoms with van der Waals surface area (Å²) in [5.74, 6) is -0.526. The maximum Gasteiger partial charge on any atom is 0.218 e. The predicted molar refractivity (Wildman–Crippen MR) is 132 cm³/mol. The normalized spacial score (nSPS) is 17.3. The number of carbonyl (C=O) groups excluding carboxylic acids is 1. The van der Waals surface area contributed by atoms with Gasteiger partial charge in [0.25, 0.3) is 0 Å². The number of ether oxygens (including phenoxy) is 2. The van der Waals surface area contributed by atoms with Crippen LogP contribution in [0, 0.1) is 12.7 Å². The lowest BCUT2D eigenvalue weighted by molar-refractivity contribution is -0.0735. The number of Topliss-reactive ketones (excluding diaryl/α,β-unsaturated/α-hetero) is 1. The summed E-state index contributed by atoms with van der Waals surface area (Å²) >= 11 is 6.37. The zero-order valence-electron chi connectivity index (χ0n) is 20.2. The van der Waals surface area contributed by atoms with Crippen molar-refractivity contribution in [3.8, 4) is 17.0 Å². The maximum absolute atomic E-state index is 13.2. The second-order valence-corrected chi connectivity index (χ2v) is 9.79. The van der Waals surface area contributed by atoms with Crippen molar-refractivity contribution in [2.75, 3.05) is 32.9 Å². The van der Waals surface area contributed by atoms with Crippen LogP contribution >= 0.6 is 11.6 Å². The minimum absolute atomic E-state index is 0.114. The molecule has 12 heteroatoms. The van der Waals surface area contributed by atoms with Crippen LogP contribution in [0.15, 0.2) is 36.8 Å². The molecule has 6 rings (SSSR count). The number of likely N-dealkylation sites (tertiary alicyclic amines) is 1. The van der Waals surface area contributed by atoms with Gasteiger partial charge in [-0.05, 0) is 38.0 Å². The van der Waals surface area contributed by atoms with Gasteiger partial charge >= 0.3 is 0 Å². The second kappa shape index (κ2) is 9.81. The number of hydrogen-bond acceptors (Lipinski definition) is 8. The molecule has 2 fully saturated rings. The van der Waals surface area contributed by atoms with E-state index in [1.54, 1.807) is 10.6 Å². The van der Waals surface area contributed by atoms with Gasteiger partial charge in [-0.2, -0.15) is 5.10 Å². The monoisotopic (exact) mass is 525 g/mol. The van der Waals surface area contributed by atoms with Crippen LogP contribution in [0.3, 0.4) is 0 Å². The first kappa shape index (κ1) is 24.0. The molecule has 10 nitrogen and oxygen atoms in total. The van der Waals surface area contributed by atoms with Gasteiger partial charge in [0.05, 0.1) is 48.4 Å². The van der Waals surface area contributed by atoms with E-state index in [1.807, 2.05) is 17.8 Å². The van der Waals surface area contributed by atoms with E-state index in [-0.39, 0.29) is 24.1 Å². The van der Waals surface area contributed by atoms with Gasteiger partial charge in [-0.25, -0.2) is 18.6 Å². The van der Waals surface area contributed by atoms with Crippen LogP contribution in [-0.2, 0) is 4.74 Å². The number of carbonyl (C=O) groups is 1. The summed E-state index contributed by atoms with van der Waals surface area (Å²) in [6.45, 7) is 5.39. The third kappa shape index (κ3) is 4.58. The summed E-state index contributed by atoms with van der Waals surface area (Å²) < 4.78 is 28.0. The first-order chi connectivity index (χ1) is 18.0. The number of fused-ring (bicyclic) bond motifs is 1. The topological polar surface area (TPSA) is 99.7 Å². The van der Waals surface area contributed by atoms with Crippen LogP contribution in [0.4, 0.5) is 4.39 Å². The fourth-order valence-electron chi connectivity index (χ4n) is 4.93. The first-order valence-electron chi connectivity index (χ1n) is 12.2. The first-order valence-corrected chi connectivity index (χ1v) is 12.5. The van der Waals surface area contributed by atoms with E-state index in [1.165, 1.54) is 18.3 Å². The Labute approximate surface area is 216 Å². The molecule has 37 heavy (non-hydrogen) atoms. The van der Waals surface area contributed by atoms with Crippen LogP contribution in [0.2, 0.25) is 5.02 Å². The average molecular weight is 526 g/mol. The van der Waals surface area contributed by atoms with E-state index in [0.717, 1.165) is 56.6 Å². The van der Waals surface area contributed by atoms with E-state index < -0.39 is 5.82 Å². The Kier molecular flexibility index (Phi) is 6.35. The van der Waals surface area contributed by atoms with Gasteiger partial charge in [0.1, 0.15) is 28.5 Å². The minimum atomic E-state index is -0.514. The Morgan fingerprint density at radius 2 is 2.03 bits per heavy atom. The van der Waals surface area contributed by atoms with Gasteiger partial charge in [-0.15, -0.1) is 5.10 Å². The van der Waals surface area contributed by atoms with Gasteiger partial charge in [0, 0.05) is 24.8 Å². The van der Waals surface area contributed by atoms with Crippen LogP contribution in [0.25, 0.3) is 16.8 Å². The quantitative estimate of drug-likeness (QED) is 0.339. The molecule has 6 heterocycles. The molecule has 2 aliphatic heterocycles. The average Bonchev–Trinajstić information content (AvgIpc) is 3.44. The Morgan fingerprint density at radius 1 is 1.22 bits per heavy atom. The fraction of sp³-hybridized carbons (Fsp3) is 0.400. The lowest BCUT2D eigenvalue weighted by Gasteiger charge is -2.41. The molecule has 0 spiro atoms. The molecule has 2 saturated heterocycles. The van der Waals surface area contributed by atoms with Crippen LogP contribution in [0.1, 0.15) is 35.1 Å². The van der Waals surface area contributed by atoms with Crippen molar-refractivity contribution in [1.82, 2.24) is 34.5 Å². The molecule has 0 bridgehead atoms. The van der Waals surface area contributed by atoms with E-state index >= 15 is 0 Å². The molecule has 0 aliphatic carbocycles. The molecular weight excluding hydrogens is 501 g/mol. The van der Waals surface area contributed by atoms with Gasteiger partial charge < -0.3 is 9.47 Å². The molecule has 4 aromatic heterocycles. The van der Waals surface area contributed by atoms with Crippen molar-refractivity contribution in [3.63, 3.8) is 0 Å². The maximum atomic E-state index is 13.2. The van der Waals surface area contributed by atoms with E-state index in [9.17, 15) is 9.18 Å². The van der Waals surface area contributed by atoms with Gasteiger partial charge in [0.2, 0.25) is 5.78 Å². The van der Waals surface area contributed by atoms with Gasteiger partial charge in [-0.1, -0.05) is 16.8 Å². The number of aromatic nitrogens is 6. The summed E-state index contributed by atoms with van der Waals surface area (Å²) in [6.07, 6.45) is 6.33. The molecule has 4 aromatic rings. The number of hydrogen-bond donors (Lipinski definition) is 0. The summed E-state index contributed by atoms with van der Waals surface area (Å²) in [5, 5.41) is 13.7. The van der Waals surface area contributed by atoms with E-state index in [0.29, 0.717) is 28.0 Å². The lowest BCUT2D eigenvalue weighted by atomic mass is 10.0. The number of piperidine rings is 1. The molecular formula is C25H25ClFN7O3. The number of ketones is 1. The van der Waals surface area contributed by atoms with E-state index in [2.05, 4.69) is 25.3 Å². The summed E-state index contributed by atoms with van der Waals surface area (Å²) in [6, 6.07) is 5.12. The van der Waals surface area contributed by atoms with Crippen LogP contribution < -0.4 is 4.74 Å². The van der Waals surface area contributed by atoms with Crippen LogP contribution in [0.5, 0.6) is 5.75 Å². The second-order valence-electron chi connectivity index (χ2n) is 9.38. The molecule has 0 saturated carbocycles. The summed E-state index contributed by atoms with van der Waals surface area (Å²) in [5.41, 5.74) is 3.04. The predicted octanol–water partition coefficient (Wildman–Crippen LogP) is 3.39. The zero-order valence-corrected chi connectivity index (χ0v) is 20.9. The highest BCUT2D eigenvalue weighted by Gasteiger charge is 2.31. The van der Waals surface area contributed by atoms with Crippen molar-refractivity contribution in [1.29, 1.82) is 0 Å². The largest absolute Gasteiger partial charge is 0.483 e. The zero-order chi connectivity index (χ0) is 25.5. The molecule has 0 aromatic carbocycles. The third-order valence-electron chi connectivity index (χ3n) is 7.09. The van der Waals surface area contributed by atoms with Gasteiger partial charge in [-0.3, -0.25) is 9.69 Å². The highest BCUT2D eigenvalue weighted by Crippen LogP contribution is 2.34. The van der Waals surface area contributed by atoms with Crippen molar-refractivity contribution < 1.29 is 18.7 Å². The molecule has 0 radical (unpaired) electrons. The number of pyridine rings is 2. The molecule has 0 amide bonds. The van der Waals surface area contributed by atoms with E-state index in [4.69, 9.17) is 21.1 Å². The van der Waals surface area contributed by atoms with Crippen molar-refractivity contribution >= 4 is 22.9 Å². The Morgan fingerprint density at radius 3 is 2.73 bits per heavy atom. The van der Waals surface area contributed by atoms with Crippen molar-refractivity contribution in [2.45, 2.75) is 31.8 Å². The molecule has 192 valence electrons. The standard InChI is InChI=1S/C25H25ClFN7O3/c1-15-24(30-31-34(15)18-4-6-32(7-5-18)19-12-36-13-19)16-8-23(25-20(26)10-29-33(25)11-16)37-14-22(35)21-3-2-17(27)9-28-21/h2-3,8-11,18-19H,4-7,12-14H2,1H3. The van der Waals surface area contributed by atoms with Crippen LogP contribution in [-0.4, -0.2) is 79.2 Å². The molecule has 0 atom stereocenters. The highest BCUT2D eigenvalue weighted by molar-refractivity contribution is 6.34. The molecule has 0 N–H and O–H groups in total. The number of rotatable bonds is 7. The third-order valence-corrected chi connectivity index (χ3v) is 7.36. The lowest BCUT2D eigenvalue weighted by Crippen LogP contribution is -2.52.